The van der Waals surface area contributed by atoms with Crippen LogP contribution in [0.1, 0.15) is 10.4 Å². The van der Waals surface area contributed by atoms with Crippen molar-refractivity contribution in [2.45, 2.75) is 0 Å². The van der Waals surface area contributed by atoms with Gasteiger partial charge in [0.05, 0.1) is 17.8 Å². The van der Waals surface area contributed by atoms with E-state index in [1.807, 2.05) is 0 Å². The molecular formula is C10H9ClFNO3. The van der Waals surface area contributed by atoms with Crippen LogP contribution in [0.25, 0.3) is 0 Å². The first kappa shape index (κ1) is 11.0. The van der Waals surface area contributed by atoms with E-state index in [2.05, 4.69) is 10.1 Å². The summed E-state index contributed by atoms with van der Waals surface area (Å²) in [4.78, 5) is 11.4. The maximum absolute atomic E-state index is 13.7. The first-order valence-corrected chi connectivity index (χ1v) is 5.00. The molecule has 0 saturated carbocycles. The average molecular weight is 246 g/mol. The van der Waals surface area contributed by atoms with Crippen LogP contribution in [0.2, 0.25) is 5.02 Å². The van der Waals surface area contributed by atoms with Gasteiger partial charge in [-0.3, -0.25) is 0 Å². The molecule has 6 heteroatoms. The molecule has 16 heavy (non-hydrogen) atoms. The van der Waals surface area contributed by atoms with Gasteiger partial charge in [0.2, 0.25) is 0 Å². The minimum absolute atomic E-state index is 0.142. The van der Waals surface area contributed by atoms with Crippen molar-refractivity contribution in [3.8, 4) is 5.75 Å². The predicted octanol–water partition coefficient (Wildman–Crippen LogP) is 2.07. The zero-order chi connectivity index (χ0) is 11.7. The number of carbonyl (C=O) groups excluding carboxylic acids is 1. The maximum Gasteiger partial charge on any atom is 0.344 e. The molecule has 0 amide bonds. The molecule has 0 aromatic heterocycles. The van der Waals surface area contributed by atoms with Crippen LogP contribution in [0.4, 0.5) is 10.1 Å². The summed E-state index contributed by atoms with van der Waals surface area (Å²) in [7, 11) is 1.17. The van der Waals surface area contributed by atoms with Gasteiger partial charge >= 0.3 is 5.97 Å². The standard InChI is InChI=1S/C10H9ClFNO3/c1-15-10(14)7-8(12)5(11)4-6-9(7)16-3-2-13-6/h4,13H,2-3H2,1H3. The van der Waals surface area contributed by atoms with Gasteiger partial charge in [0, 0.05) is 6.54 Å². The highest BCUT2D eigenvalue weighted by molar-refractivity contribution is 6.31. The molecule has 0 aliphatic carbocycles. The highest BCUT2D eigenvalue weighted by Crippen LogP contribution is 2.37. The number of anilines is 1. The quantitative estimate of drug-likeness (QED) is 0.770. The maximum atomic E-state index is 13.7. The zero-order valence-electron chi connectivity index (χ0n) is 8.47. The topological polar surface area (TPSA) is 47.6 Å². The Balaban J connectivity index is 2.63. The number of halogens is 2. The summed E-state index contributed by atoms with van der Waals surface area (Å²) in [6, 6.07) is 1.39. The Hall–Kier alpha value is -1.49. The predicted molar refractivity (Wildman–Crippen MR) is 56.7 cm³/mol. The fourth-order valence-corrected chi connectivity index (χ4v) is 1.72. The second-order valence-electron chi connectivity index (χ2n) is 3.19. The number of esters is 1. The molecule has 0 atom stereocenters. The third-order valence-electron chi connectivity index (χ3n) is 2.23. The molecule has 86 valence electrons. The highest BCUT2D eigenvalue weighted by Gasteiger charge is 2.26. The largest absolute Gasteiger partial charge is 0.489 e. The van der Waals surface area contributed by atoms with Gasteiger partial charge in [-0.2, -0.15) is 0 Å². The van der Waals surface area contributed by atoms with Gasteiger partial charge in [-0.25, -0.2) is 9.18 Å². The van der Waals surface area contributed by atoms with Crippen molar-refractivity contribution < 1.29 is 18.7 Å². The second-order valence-corrected chi connectivity index (χ2v) is 3.60. The first-order chi connectivity index (χ1) is 7.65. The highest BCUT2D eigenvalue weighted by atomic mass is 35.5. The van der Waals surface area contributed by atoms with Crippen LogP contribution in [-0.4, -0.2) is 26.2 Å². The average Bonchev–Trinajstić information content (AvgIpc) is 2.30. The number of ether oxygens (including phenoxy) is 2. The van der Waals surface area contributed by atoms with Crippen molar-refractivity contribution >= 4 is 23.3 Å². The van der Waals surface area contributed by atoms with E-state index >= 15 is 0 Å². The molecule has 0 bridgehead atoms. The van der Waals surface area contributed by atoms with E-state index in [1.165, 1.54) is 13.2 Å². The molecule has 2 rings (SSSR count). The summed E-state index contributed by atoms with van der Waals surface area (Å²) in [6.45, 7) is 0.938. The molecular weight excluding hydrogens is 237 g/mol. The molecule has 1 heterocycles. The van der Waals surface area contributed by atoms with E-state index in [9.17, 15) is 9.18 Å². The Morgan fingerprint density at radius 1 is 1.69 bits per heavy atom. The fourth-order valence-electron chi connectivity index (χ4n) is 1.51. The molecule has 1 aliphatic rings. The summed E-state index contributed by atoms with van der Waals surface area (Å²) in [5.41, 5.74) is 0.232. The number of methoxy groups -OCH3 is 1. The van der Waals surface area contributed by atoms with Crippen LogP contribution in [0.3, 0.4) is 0 Å². The minimum Gasteiger partial charge on any atom is -0.489 e. The van der Waals surface area contributed by atoms with Crippen molar-refractivity contribution in [1.29, 1.82) is 0 Å². The summed E-state index contributed by atoms with van der Waals surface area (Å²) >= 11 is 5.67. The van der Waals surface area contributed by atoms with E-state index in [0.717, 1.165) is 0 Å². The summed E-state index contributed by atoms with van der Waals surface area (Å²) < 4.78 is 23.4. The third kappa shape index (κ3) is 1.67. The van der Waals surface area contributed by atoms with Crippen molar-refractivity contribution in [2.24, 2.45) is 0 Å². The van der Waals surface area contributed by atoms with Gasteiger partial charge in [-0.1, -0.05) is 11.6 Å². The van der Waals surface area contributed by atoms with Crippen LogP contribution in [-0.2, 0) is 4.74 Å². The third-order valence-corrected chi connectivity index (χ3v) is 2.50. The lowest BCUT2D eigenvalue weighted by molar-refractivity contribution is 0.0590. The van der Waals surface area contributed by atoms with E-state index in [0.29, 0.717) is 18.8 Å². The molecule has 0 spiro atoms. The molecule has 1 aromatic rings. The molecule has 1 N–H and O–H groups in total. The second kappa shape index (κ2) is 4.17. The van der Waals surface area contributed by atoms with Gasteiger partial charge in [0.15, 0.2) is 11.6 Å². The lowest BCUT2D eigenvalue weighted by Crippen LogP contribution is -2.21. The van der Waals surface area contributed by atoms with Crippen molar-refractivity contribution in [3.05, 3.63) is 22.5 Å². The summed E-state index contributed by atoms with van der Waals surface area (Å²) in [5, 5.41) is 2.82. The molecule has 4 nitrogen and oxygen atoms in total. The Morgan fingerprint density at radius 2 is 2.44 bits per heavy atom. The van der Waals surface area contributed by atoms with Crippen LogP contribution < -0.4 is 10.1 Å². The lowest BCUT2D eigenvalue weighted by Gasteiger charge is -2.21. The number of hydrogen-bond acceptors (Lipinski definition) is 4. The lowest BCUT2D eigenvalue weighted by atomic mass is 10.1. The Kier molecular flexibility index (Phi) is 2.87. The van der Waals surface area contributed by atoms with E-state index in [1.54, 1.807) is 0 Å². The number of rotatable bonds is 1. The number of carbonyl (C=O) groups is 1. The molecule has 0 unspecified atom stereocenters. The zero-order valence-corrected chi connectivity index (χ0v) is 9.23. The van der Waals surface area contributed by atoms with Crippen LogP contribution >= 0.6 is 11.6 Å². The van der Waals surface area contributed by atoms with Gasteiger partial charge in [0.25, 0.3) is 0 Å². The Morgan fingerprint density at radius 3 is 3.12 bits per heavy atom. The minimum atomic E-state index is -0.823. The van der Waals surface area contributed by atoms with Gasteiger partial charge in [0.1, 0.15) is 12.2 Å². The number of benzene rings is 1. The Bertz CT molecular complexity index is 450. The van der Waals surface area contributed by atoms with Gasteiger partial charge < -0.3 is 14.8 Å². The van der Waals surface area contributed by atoms with E-state index < -0.39 is 11.8 Å². The van der Waals surface area contributed by atoms with Gasteiger partial charge in [-0.05, 0) is 6.07 Å². The first-order valence-electron chi connectivity index (χ1n) is 4.62. The van der Waals surface area contributed by atoms with Crippen LogP contribution in [0, 0.1) is 5.82 Å². The molecule has 1 aliphatic heterocycles. The van der Waals surface area contributed by atoms with Crippen molar-refractivity contribution in [1.82, 2.24) is 0 Å². The molecule has 0 radical (unpaired) electrons. The number of fused-ring (bicyclic) bond motifs is 1. The van der Waals surface area contributed by atoms with E-state index in [4.69, 9.17) is 16.3 Å². The van der Waals surface area contributed by atoms with Crippen molar-refractivity contribution in [2.75, 3.05) is 25.6 Å². The molecule has 1 aromatic carbocycles. The smallest absolute Gasteiger partial charge is 0.344 e. The van der Waals surface area contributed by atoms with Gasteiger partial charge in [-0.15, -0.1) is 0 Å². The molecule has 0 fully saturated rings. The normalized spacial score (nSPS) is 13.4. The fraction of sp³-hybridized carbons (Fsp3) is 0.300. The SMILES string of the molecule is COC(=O)c1c(F)c(Cl)cc2c1OCCN2. The monoisotopic (exact) mass is 245 g/mol. The number of hydrogen-bond donors (Lipinski definition) is 1. The summed E-state index contributed by atoms with van der Waals surface area (Å²) in [5.74, 6) is -1.48. The Labute approximate surface area is 96.3 Å². The van der Waals surface area contributed by atoms with Crippen LogP contribution in [0.5, 0.6) is 5.75 Å². The van der Waals surface area contributed by atoms with Crippen molar-refractivity contribution in [3.63, 3.8) is 0 Å². The number of nitrogens with one attached hydrogen (secondary N) is 1. The summed E-state index contributed by atoms with van der Waals surface area (Å²) in [6.07, 6.45) is 0. The molecule has 0 saturated heterocycles. The van der Waals surface area contributed by atoms with E-state index in [-0.39, 0.29) is 16.3 Å². The van der Waals surface area contributed by atoms with Crippen LogP contribution in [0.15, 0.2) is 6.07 Å².